The van der Waals surface area contributed by atoms with Crippen LogP contribution in [0.4, 0.5) is 0 Å². The quantitative estimate of drug-likeness (QED) is 0.891. The molecule has 0 radical (unpaired) electrons. The van der Waals surface area contributed by atoms with E-state index in [0.717, 1.165) is 18.4 Å². The van der Waals surface area contributed by atoms with Gasteiger partial charge in [-0.3, -0.25) is 4.79 Å². The van der Waals surface area contributed by atoms with Crippen molar-refractivity contribution >= 4 is 29.9 Å². The number of amides is 1. The van der Waals surface area contributed by atoms with Gasteiger partial charge in [0.2, 0.25) is 5.91 Å². The first-order valence-electron chi connectivity index (χ1n) is 6.47. The van der Waals surface area contributed by atoms with Crippen LogP contribution in [-0.2, 0) is 14.9 Å². The molecule has 1 aliphatic heterocycles. The maximum absolute atomic E-state index is 11.4. The lowest BCUT2D eigenvalue weighted by molar-refractivity contribution is -0.120. The number of rotatable bonds is 4. The van der Waals surface area contributed by atoms with Gasteiger partial charge in [0, 0.05) is 30.2 Å². The maximum Gasteiger partial charge on any atom is 0.233 e. The summed E-state index contributed by atoms with van der Waals surface area (Å²) in [5, 5.41) is 3.61. The number of nitrogens with two attached hydrogens (primary N) is 1. The largest absolute Gasteiger partial charge is 0.381 e. The van der Waals surface area contributed by atoms with Gasteiger partial charge in [0.1, 0.15) is 0 Å². The third-order valence-electron chi connectivity index (χ3n) is 3.70. The highest BCUT2D eigenvalue weighted by molar-refractivity contribution is 6.30. The number of carbonyl (C=O) groups excluding carboxylic acids is 1. The number of carbonyl (C=O) groups is 1. The van der Waals surface area contributed by atoms with Gasteiger partial charge >= 0.3 is 0 Å². The summed E-state index contributed by atoms with van der Waals surface area (Å²) in [7, 11) is 0. The van der Waals surface area contributed by atoms with E-state index in [1.54, 1.807) is 0 Å². The van der Waals surface area contributed by atoms with E-state index in [1.165, 1.54) is 0 Å². The fraction of sp³-hybridized carbons (Fsp3) is 0.500. The van der Waals surface area contributed by atoms with Crippen LogP contribution in [-0.4, -0.2) is 32.2 Å². The first kappa shape index (κ1) is 17.2. The van der Waals surface area contributed by atoms with Crippen molar-refractivity contribution in [1.82, 2.24) is 5.32 Å². The number of hydrogen-bond acceptors (Lipinski definition) is 3. The van der Waals surface area contributed by atoms with Crippen molar-refractivity contribution in [2.75, 3.05) is 26.3 Å². The molecular formula is C14H20Cl2N2O2. The summed E-state index contributed by atoms with van der Waals surface area (Å²) in [5.41, 5.74) is 6.39. The molecule has 0 unspecified atom stereocenters. The zero-order chi connectivity index (χ0) is 13.7. The van der Waals surface area contributed by atoms with Crippen LogP contribution in [0.2, 0.25) is 5.02 Å². The Balaban J connectivity index is 0.00000200. The van der Waals surface area contributed by atoms with Crippen LogP contribution < -0.4 is 11.1 Å². The summed E-state index contributed by atoms with van der Waals surface area (Å²) < 4.78 is 5.44. The molecule has 4 nitrogen and oxygen atoms in total. The summed E-state index contributed by atoms with van der Waals surface area (Å²) in [6, 6.07) is 7.84. The predicted octanol–water partition coefficient (Wildman–Crippen LogP) is 1.88. The van der Waals surface area contributed by atoms with Crippen LogP contribution in [0.15, 0.2) is 24.3 Å². The second kappa shape index (κ2) is 7.84. The standard InChI is InChI=1S/C14H19ClN2O2.ClH/c15-12-3-1-2-11(8-12)14(4-6-19-7-5-14)10-17-13(18)9-16;/h1-3,8H,4-7,9-10,16H2,(H,17,18);1H. The highest BCUT2D eigenvalue weighted by atomic mass is 35.5. The smallest absolute Gasteiger partial charge is 0.233 e. The lowest BCUT2D eigenvalue weighted by Gasteiger charge is -2.38. The monoisotopic (exact) mass is 318 g/mol. The summed E-state index contributed by atoms with van der Waals surface area (Å²) in [6.07, 6.45) is 1.75. The molecule has 0 atom stereocenters. The molecule has 0 spiro atoms. The van der Waals surface area contributed by atoms with Crippen molar-refractivity contribution in [3.8, 4) is 0 Å². The van der Waals surface area contributed by atoms with E-state index < -0.39 is 0 Å². The molecular weight excluding hydrogens is 299 g/mol. The normalized spacial score (nSPS) is 17.1. The molecule has 1 aliphatic rings. The van der Waals surface area contributed by atoms with Gasteiger partial charge in [-0.1, -0.05) is 23.7 Å². The van der Waals surface area contributed by atoms with E-state index in [1.807, 2.05) is 18.2 Å². The Bertz CT molecular complexity index is 449. The van der Waals surface area contributed by atoms with Crippen molar-refractivity contribution in [3.63, 3.8) is 0 Å². The van der Waals surface area contributed by atoms with Gasteiger partial charge in [-0.05, 0) is 30.5 Å². The molecule has 0 aromatic heterocycles. The van der Waals surface area contributed by atoms with Gasteiger partial charge < -0.3 is 15.8 Å². The topological polar surface area (TPSA) is 64.4 Å². The van der Waals surface area contributed by atoms with Crippen molar-refractivity contribution in [2.24, 2.45) is 5.73 Å². The van der Waals surface area contributed by atoms with Gasteiger partial charge in [-0.2, -0.15) is 0 Å². The first-order chi connectivity index (χ1) is 9.16. The fourth-order valence-corrected chi connectivity index (χ4v) is 2.68. The van der Waals surface area contributed by atoms with Crippen LogP contribution in [0.25, 0.3) is 0 Å². The maximum atomic E-state index is 11.4. The fourth-order valence-electron chi connectivity index (χ4n) is 2.49. The number of nitrogens with one attached hydrogen (secondary N) is 1. The molecule has 1 saturated heterocycles. The molecule has 1 aromatic carbocycles. The van der Waals surface area contributed by atoms with Gasteiger partial charge in [-0.25, -0.2) is 0 Å². The average molecular weight is 319 g/mol. The Kier molecular flexibility index (Phi) is 6.76. The van der Waals surface area contributed by atoms with E-state index in [9.17, 15) is 4.79 Å². The summed E-state index contributed by atoms with van der Waals surface area (Å²) in [6.45, 7) is 1.99. The third kappa shape index (κ3) is 4.09. The summed E-state index contributed by atoms with van der Waals surface area (Å²) in [4.78, 5) is 11.4. The molecule has 3 N–H and O–H groups in total. The van der Waals surface area contributed by atoms with Gasteiger partial charge in [0.25, 0.3) is 0 Å². The molecule has 1 aromatic rings. The lowest BCUT2D eigenvalue weighted by Crippen LogP contribution is -2.46. The van der Waals surface area contributed by atoms with E-state index in [-0.39, 0.29) is 30.3 Å². The zero-order valence-electron chi connectivity index (χ0n) is 11.2. The van der Waals surface area contributed by atoms with Crippen LogP contribution in [0, 0.1) is 0 Å². The molecule has 0 saturated carbocycles. The number of benzene rings is 1. The molecule has 0 bridgehead atoms. The Hall–Kier alpha value is -0.810. The molecule has 1 heterocycles. The summed E-state index contributed by atoms with van der Waals surface area (Å²) in [5.74, 6) is -0.132. The van der Waals surface area contributed by atoms with Gasteiger partial charge in [0.05, 0.1) is 6.54 Å². The van der Waals surface area contributed by atoms with E-state index >= 15 is 0 Å². The third-order valence-corrected chi connectivity index (χ3v) is 3.93. The average Bonchev–Trinajstić information content (AvgIpc) is 2.46. The van der Waals surface area contributed by atoms with Gasteiger partial charge in [0.15, 0.2) is 0 Å². The Morgan fingerprint density at radius 1 is 1.40 bits per heavy atom. The van der Waals surface area contributed by atoms with Gasteiger partial charge in [-0.15, -0.1) is 12.4 Å². The molecule has 6 heteroatoms. The second-order valence-corrected chi connectivity index (χ2v) is 5.32. The van der Waals surface area contributed by atoms with E-state index in [2.05, 4.69) is 11.4 Å². The number of ether oxygens (including phenoxy) is 1. The minimum absolute atomic E-state index is 0. The molecule has 20 heavy (non-hydrogen) atoms. The Morgan fingerprint density at radius 2 is 2.10 bits per heavy atom. The molecule has 2 rings (SSSR count). The zero-order valence-corrected chi connectivity index (χ0v) is 12.8. The number of halogens is 2. The summed E-state index contributed by atoms with van der Waals surface area (Å²) >= 11 is 6.08. The highest BCUT2D eigenvalue weighted by Crippen LogP contribution is 2.35. The second-order valence-electron chi connectivity index (χ2n) is 4.88. The number of hydrogen-bond donors (Lipinski definition) is 2. The molecule has 1 amide bonds. The van der Waals surface area contributed by atoms with Crippen LogP contribution >= 0.6 is 24.0 Å². The lowest BCUT2D eigenvalue weighted by atomic mass is 9.74. The predicted molar refractivity (Wildman–Crippen MR) is 82.5 cm³/mol. The SMILES string of the molecule is Cl.NCC(=O)NCC1(c2cccc(Cl)c2)CCOCC1. The van der Waals surface area contributed by atoms with Crippen LogP contribution in [0.5, 0.6) is 0 Å². The van der Waals surface area contributed by atoms with Crippen LogP contribution in [0.3, 0.4) is 0 Å². The van der Waals surface area contributed by atoms with Crippen molar-refractivity contribution in [1.29, 1.82) is 0 Å². The van der Waals surface area contributed by atoms with Crippen molar-refractivity contribution < 1.29 is 9.53 Å². The molecule has 0 aliphatic carbocycles. The Labute approximate surface area is 130 Å². The van der Waals surface area contributed by atoms with Crippen molar-refractivity contribution in [3.05, 3.63) is 34.9 Å². The molecule has 1 fully saturated rings. The first-order valence-corrected chi connectivity index (χ1v) is 6.85. The Morgan fingerprint density at radius 3 is 2.70 bits per heavy atom. The molecule has 112 valence electrons. The minimum atomic E-state index is -0.132. The van der Waals surface area contributed by atoms with E-state index in [4.69, 9.17) is 22.1 Å². The highest BCUT2D eigenvalue weighted by Gasteiger charge is 2.34. The van der Waals surface area contributed by atoms with Crippen molar-refractivity contribution in [2.45, 2.75) is 18.3 Å². The minimum Gasteiger partial charge on any atom is -0.381 e. The van der Waals surface area contributed by atoms with Crippen LogP contribution in [0.1, 0.15) is 18.4 Å². The van der Waals surface area contributed by atoms with E-state index in [0.29, 0.717) is 24.8 Å².